The number of hydrogen-bond donors (Lipinski definition) is 1. The van der Waals surface area contributed by atoms with Gasteiger partial charge in [-0.3, -0.25) is 14.9 Å². The first-order chi connectivity index (χ1) is 12.0. The summed E-state index contributed by atoms with van der Waals surface area (Å²) in [6.07, 6.45) is 0. The lowest BCUT2D eigenvalue weighted by Crippen LogP contribution is -2.14. The summed E-state index contributed by atoms with van der Waals surface area (Å²) in [7, 11) is 0. The van der Waals surface area contributed by atoms with Crippen molar-refractivity contribution in [1.82, 2.24) is 15.0 Å². The lowest BCUT2D eigenvalue weighted by molar-refractivity contribution is -0.384. The van der Waals surface area contributed by atoms with Gasteiger partial charge in [-0.15, -0.1) is 5.10 Å². The van der Waals surface area contributed by atoms with Gasteiger partial charge < -0.3 is 5.32 Å². The molecule has 8 nitrogen and oxygen atoms in total. The van der Waals surface area contributed by atoms with Gasteiger partial charge in [0.25, 0.3) is 11.6 Å². The first kappa shape index (κ1) is 16.6. The fourth-order valence-electron chi connectivity index (χ4n) is 2.25. The van der Waals surface area contributed by atoms with Crippen LogP contribution in [0.15, 0.2) is 48.5 Å². The van der Waals surface area contributed by atoms with Crippen LogP contribution in [0.2, 0.25) is 5.02 Å². The molecule has 1 amide bonds. The van der Waals surface area contributed by atoms with Gasteiger partial charge in [0.05, 0.1) is 16.3 Å². The Morgan fingerprint density at radius 1 is 1.24 bits per heavy atom. The molecular weight excluding hydrogens is 346 g/mol. The van der Waals surface area contributed by atoms with Crippen LogP contribution in [0, 0.1) is 17.0 Å². The number of halogens is 1. The van der Waals surface area contributed by atoms with Gasteiger partial charge in [0.1, 0.15) is 0 Å². The second-order valence-corrected chi connectivity index (χ2v) is 5.61. The zero-order chi connectivity index (χ0) is 18.0. The third-order valence-electron chi connectivity index (χ3n) is 3.50. The average molecular weight is 358 g/mol. The van der Waals surface area contributed by atoms with Crippen LogP contribution in [0.3, 0.4) is 0 Å². The summed E-state index contributed by atoms with van der Waals surface area (Å²) >= 11 is 5.81. The van der Waals surface area contributed by atoms with Crippen LogP contribution in [0.25, 0.3) is 5.69 Å². The molecule has 126 valence electrons. The normalized spacial score (nSPS) is 10.5. The number of non-ortho nitro benzene ring substituents is 1. The summed E-state index contributed by atoms with van der Waals surface area (Å²) in [5.41, 5.74) is 1.54. The maximum absolute atomic E-state index is 12.4. The van der Waals surface area contributed by atoms with Crippen molar-refractivity contribution in [3.63, 3.8) is 0 Å². The monoisotopic (exact) mass is 357 g/mol. The Kier molecular flexibility index (Phi) is 4.44. The van der Waals surface area contributed by atoms with Crippen LogP contribution in [-0.2, 0) is 0 Å². The van der Waals surface area contributed by atoms with E-state index < -0.39 is 10.8 Å². The van der Waals surface area contributed by atoms with E-state index in [9.17, 15) is 14.9 Å². The Morgan fingerprint density at radius 3 is 2.64 bits per heavy atom. The Balaban J connectivity index is 1.88. The number of nitro groups is 1. The van der Waals surface area contributed by atoms with Crippen molar-refractivity contribution < 1.29 is 9.72 Å². The lowest BCUT2D eigenvalue weighted by atomic mass is 10.2. The van der Waals surface area contributed by atoms with Crippen molar-refractivity contribution in [2.45, 2.75) is 6.92 Å². The van der Waals surface area contributed by atoms with E-state index in [1.807, 2.05) is 0 Å². The van der Waals surface area contributed by atoms with E-state index in [0.29, 0.717) is 22.1 Å². The molecule has 0 unspecified atom stereocenters. The van der Waals surface area contributed by atoms with Gasteiger partial charge in [0, 0.05) is 22.8 Å². The Labute approximate surface area is 147 Å². The van der Waals surface area contributed by atoms with Crippen molar-refractivity contribution >= 4 is 28.9 Å². The van der Waals surface area contributed by atoms with Crippen LogP contribution in [-0.4, -0.2) is 25.8 Å². The molecule has 1 N–H and O–H groups in total. The number of aromatic nitrogens is 3. The molecule has 3 rings (SSSR count). The molecular formula is C16H12ClN5O3. The maximum atomic E-state index is 12.4. The Morgan fingerprint density at radius 2 is 1.96 bits per heavy atom. The number of anilines is 1. The van der Waals surface area contributed by atoms with Crippen LogP contribution < -0.4 is 5.32 Å². The number of nitrogens with zero attached hydrogens (tertiary/aromatic N) is 4. The number of hydrogen-bond acceptors (Lipinski definition) is 5. The van der Waals surface area contributed by atoms with E-state index in [1.165, 1.54) is 16.8 Å². The van der Waals surface area contributed by atoms with E-state index in [1.54, 1.807) is 43.3 Å². The highest BCUT2D eigenvalue weighted by atomic mass is 35.5. The predicted octanol–water partition coefficient (Wildman–Crippen LogP) is 3.39. The fraction of sp³-hybridized carbons (Fsp3) is 0.0625. The quantitative estimate of drug-likeness (QED) is 0.569. The van der Waals surface area contributed by atoms with Gasteiger partial charge in [0.2, 0.25) is 0 Å². The molecule has 0 atom stereocenters. The fourth-order valence-corrected chi connectivity index (χ4v) is 2.37. The van der Waals surface area contributed by atoms with E-state index in [4.69, 9.17) is 11.6 Å². The largest absolute Gasteiger partial charge is 0.321 e. The molecule has 0 aliphatic heterocycles. The van der Waals surface area contributed by atoms with Gasteiger partial charge in [-0.1, -0.05) is 22.9 Å². The summed E-state index contributed by atoms with van der Waals surface area (Å²) in [4.78, 5) is 22.8. The molecule has 0 spiro atoms. The van der Waals surface area contributed by atoms with Gasteiger partial charge in [-0.05, 0) is 37.3 Å². The molecule has 0 radical (unpaired) electrons. The first-order valence-electron chi connectivity index (χ1n) is 7.20. The smallest absolute Gasteiger partial charge is 0.278 e. The van der Waals surface area contributed by atoms with Crippen molar-refractivity contribution in [3.05, 3.63) is 75.1 Å². The molecule has 9 heteroatoms. The van der Waals surface area contributed by atoms with Crippen LogP contribution in [0.4, 0.5) is 11.4 Å². The number of amides is 1. The van der Waals surface area contributed by atoms with E-state index >= 15 is 0 Å². The first-order valence-corrected chi connectivity index (χ1v) is 7.57. The summed E-state index contributed by atoms with van der Waals surface area (Å²) in [6.45, 7) is 1.66. The molecule has 0 bridgehead atoms. The third-order valence-corrected chi connectivity index (χ3v) is 3.75. The molecule has 1 aromatic heterocycles. The maximum Gasteiger partial charge on any atom is 0.278 e. The number of rotatable bonds is 4. The van der Waals surface area contributed by atoms with Crippen molar-refractivity contribution in [1.29, 1.82) is 0 Å². The molecule has 0 fully saturated rings. The number of carbonyl (C=O) groups is 1. The number of benzene rings is 2. The zero-order valence-electron chi connectivity index (χ0n) is 13.0. The third kappa shape index (κ3) is 3.48. The van der Waals surface area contributed by atoms with Crippen LogP contribution >= 0.6 is 11.6 Å². The van der Waals surface area contributed by atoms with Crippen molar-refractivity contribution in [3.8, 4) is 5.69 Å². The second-order valence-electron chi connectivity index (χ2n) is 5.17. The van der Waals surface area contributed by atoms with Crippen molar-refractivity contribution in [2.24, 2.45) is 0 Å². The SMILES string of the molecule is Cc1c(C(=O)Nc2ccc(Cl)cc2)nnn1-c1cccc([N+](=O)[O-])c1. The molecule has 2 aromatic carbocycles. The summed E-state index contributed by atoms with van der Waals surface area (Å²) in [5.74, 6) is -0.434. The summed E-state index contributed by atoms with van der Waals surface area (Å²) < 4.78 is 1.38. The molecule has 3 aromatic rings. The minimum Gasteiger partial charge on any atom is -0.321 e. The number of carbonyl (C=O) groups excluding carboxylic acids is 1. The Bertz CT molecular complexity index is 953. The Hall–Kier alpha value is -3.26. The molecule has 1 heterocycles. The molecule has 25 heavy (non-hydrogen) atoms. The van der Waals surface area contributed by atoms with E-state index in [-0.39, 0.29) is 11.4 Å². The average Bonchev–Trinajstić information content (AvgIpc) is 2.98. The minimum absolute atomic E-state index is 0.0698. The zero-order valence-corrected chi connectivity index (χ0v) is 13.8. The topological polar surface area (TPSA) is 103 Å². The van der Waals surface area contributed by atoms with Crippen LogP contribution in [0.5, 0.6) is 0 Å². The van der Waals surface area contributed by atoms with Gasteiger partial charge in [0.15, 0.2) is 5.69 Å². The van der Waals surface area contributed by atoms with Gasteiger partial charge >= 0.3 is 0 Å². The predicted molar refractivity (Wildman–Crippen MR) is 92.2 cm³/mol. The molecule has 0 saturated carbocycles. The van der Waals surface area contributed by atoms with Gasteiger partial charge in [-0.25, -0.2) is 4.68 Å². The number of nitro benzene ring substituents is 1. The lowest BCUT2D eigenvalue weighted by Gasteiger charge is -2.05. The van der Waals surface area contributed by atoms with Crippen LogP contribution in [0.1, 0.15) is 16.2 Å². The molecule has 0 aliphatic carbocycles. The van der Waals surface area contributed by atoms with Gasteiger partial charge in [-0.2, -0.15) is 0 Å². The highest BCUT2D eigenvalue weighted by Gasteiger charge is 2.18. The highest BCUT2D eigenvalue weighted by Crippen LogP contribution is 2.19. The minimum atomic E-state index is -0.496. The summed E-state index contributed by atoms with van der Waals surface area (Å²) in [6, 6.07) is 12.6. The second kappa shape index (κ2) is 6.70. The van der Waals surface area contributed by atoms with Crippen molar-refractivity contribution in [2.75, 3.05) is 5.32 Å². The standard InChI is InChI=1S/C16H12ClN5O3/c1-10-15(16(23)18-12-7-5-11(17)6-8-12)19-20-21(10)13-3-2-4-14(9-13)22(24)25/h2-9H,1H3,(H,18,23). The number of nitrogens with one attached hydrogen (secondary N) is 1. The van der Waals surface area contributed by atoms with E-state index in [0.717, 1.165) is 0 Å². The van der Waals surface area contributed by atoms with E-state index in [2.05, 4.69) is 15.6 Å². The molecule has 0 saturated heterocycles. The summed E-state index contributed by atoms with van der Waals surface area (Å²) in [5, 5.41) is 22.0. The molecule has 0 aliphatic rings. The highest BCUT2D eigenvalue weighted by molar-refractivity contribution is 6.30.